The molecule has 0 fully saturated rings. The van der Waals surface area contributed by atoms with E-state index < -0.39 is 0 Å². The number of furan rings is 1. The highest BCUT2D eigenvalue weighted by atomic mass is 32.2. The zero-order chi connectivity index (χ0) is 13.1. The Morgan fingerprint density at radius 2 is 2.37 bits per heavy atom. The van der Waals surface area contributed by atoms with Gasteiger partial charge >= 0.3 is 0 Å². The van der Waals surface area contributed by atoms with Crippen molar-refractivity contribution < 1.29 is 8.94 Å². The highest BCUT2D eigenvalue weighted by Gasteiger charge is 2.09. The number of aryl methyl sites for hydroxylation is 1. The van der Waals surface area contributed by atoms with Gasteiger partial charge in [-0.25, -0.2) is 0 Å². The van der Waals surface area contributed by atoms with Crippen molar-refractivity contribution in [2.75, 3.05) is 0 Å². The summed E-state index contributed by atoms with van der Waals surface area (Å²) < 4.78 is 12.3. The average Bonchev–Trinajstić information content (AvgIpc) is 3.10. The molecule has 98 valence electrons. The second kappa shape index (κ2) is 5.31. The number of rotatable bonds is 5. The largest absolute Gasteiger partial charge is 0.467 e. The first-order valence-electron chi connectivity index (χ1n) is 5.76. The highest BCUT2D eigenvalue weighted by Crippen LogP contribution is 2.21. The van der Waals surface area contributed by atoms with Crippen LogP contribution in [0.1, 0.15) is 17.2 Å². The van der Waals surface area contributed by atoms with Gasteiger partial charge in [0.25, 0.3) is 0 Å². The second-order valence-electron chi connectivity index (χ2n) is 4.04. The van der Waals surface area contributed by atoms with Gasteiger partial charge in [-0.3, -0.25) is 0 Å². The minimum absolute atomic E-state index is 0.625. The van der Waals surface area contributed by atoms with Crippen molar-refractivity contribution in [3.05, 3.63) is 48.0 Å². The van der Waals surface area contributed by atoms with Crippen molar-refractivity contribution in [2.24, 2.45) is 0 Å². The lowest BCUT2D eigenvalue weighted by Crippen LogP contribution is -1.99. The van der Waals surface area contributed by atoms with Gasteiger partial charge in [-0.1, -0.05) is 16.9 Å². The molecule has 19 heavy (non-hydrogen) atoms. The summed E-state index contributed by atoms with van der Waals surface area (Å²) in [6.45, 7) is 2.50. The van der Waals surface area contributed by atoms with Gasteiger partial charge in [-0.05, 0) is 19.1 Å². The van der Waals surface area contributed by atoms with E-state index in [1.165, 1.54) is 0 Å². The molecular weight excluding hydrogens is 264 g/mol. The van der Waals surface area contributed by atoms with E-state index in [2.05, 4.69) is 15.4 Å². The summed E-state index contributed by atoms with van der Waals surface area (Å²) in [7, 11) is 0. The van der Waals surface area contributed by atoms with Crippen LogP contribution < -0.4 is 0 Å². The quantitative estimate of drug-likeness (QED) is 0.667. The van der Waals surface area contributed by atoms with Crippen LogP contribution in [0.3, 0.4) is 0 Å². The van der Waals surface area contributed by atoms with E-state index in [1.54, 1.807) is 24.4 Å². The van der Waals surface area contributed by atoms with Gasteiger partial charge in [0.2, 0.25) is 0 Å². The molecule has 3 rings (SSSR count). The smallest absolute Gasteiger partial charge is 0.191 e. The van der Waals surface area contributed by atoms with Gasteiger partial charge in [-0.15, -0.1) is 10.2 Å². The monoisotopic (exact) mass is 276 g/mol. The first-order valence-corrected chi connectivity index (χ1v) is 6.75. The standard InChI is InChI=1S/C12H12N4O2S/c1-9-5-10(15-18-9)7-19-12-14-13-8-16(12)6-11-3-2-4-17-11/h2-5,8H,6-7H2,1H3. The predicted molar refractivity (Wildman–Crippen MR) is 68.6 cm³/mol. The molecule has 0 aliphatic rings. The third-order valence-electron chi connectivity index (χ3n) is 2.51. The fourth-order valence-electron chi connectivity index (χ4n) is 1.66. The maximum absolute atomic E-state index is 5.31. The Hall–Kier alpha value is -2.02. The molecular formula is C12H12N4O2S. The maximum atomic E-state index is 5.31. The molecule has 0 aliphatic heterocycles. The number of hydrogen-bond donors (Lipinski definition) is 0. The van der Waals surface area contributed by atoms with Gasteiger partial charge in [-0.2, -0.15) is 0 Å². The Morgan fingerprint density at radius 3 is 3.11 bits per heavy atom. The van der Waals surface area contributed by atoms with Crippen molar-refractivity contribution in [2.45, 2.75) is 24.4 Å². The van der Waals surface area contributed by atoms with Gasteiger partial charge in [0.05, 0.1) is 18.5 Å². The molecule has 3 aromatic rings. The lowest BCUT2D eigenvalue weighted by Gasteiger charge is -2.02. The van der Waals surface area contributed by atoms with Crippen LogP contribution in [0.5, 0.6) is 0 Å². The number of hydrogen-bond acceptors (Lipinski definition) is 6. The molecule has 0 N–H and O–H groups in total. The molecule has 0 atom stereocenters. The molecule has 7 heteroatoms. The van der Waals surface area contributed by atoms with Gasteiger partial charge < -0.3 is 13.5 Å². The molecule has 0 spiro atoms. The molecule has 3 aromatic heterocycles. The van der Waals surface area contributed by atoms with Crippen LogP contribution in [0.25, 0.3) is 0 Å². The summed E-state index contributed by atoms with van der Waals surface area (Å²) in [5.74, 6) is 2.39. The zero-order valence-corrected chi connectivity index (χ0v) is 11.1. The summed E-state index contributed by atoms with van der Waals surface area (Å²) in [5, 5.41) is 12.8. The van der Waals surface area contributed by atoms with E-state index >= 15 is 0 Å². The van der Waals surface area contributed by atoms with E-state index in [9.17, 15) is 0 Å². The number of nitrogens with zero attached hydrogens (tertiary/aromatic N) is 4. The Balaban J connectivity index is 1.66. The van der Waals surface area contributed by atoms with Crippen molar-refractivity contribution >= 4 is 11.8 Å². The molecule has 0 bridgehead atoms. The minimum atomic E-state index is 0.625. The van der Waals surface area contributed by atoms with Crippen molar-refractivity contribution in [1.82, 2.24) is 19.9 Å². The fraction of sp³-hybridized carbons (Fsp3) is 0.250. The van der Waals surface area contributed by atoms with Crippen molar-refractivity contribution in [1.29, 1.82) is 0 Å². The van der Waals surface area contributed by atoms with E-state index in [0.29, 0.717) is 12.3 Å². The van der Waals surface area contributed by atoms with Crippen LogP contribution in [-0.4, -0.2) is 19.9 Å². The van der Waals surface area contributed by atoms with Gasteiger partial charge in [0.1, 0.15) is 17.8 Å². The molecule has 0 aromatic carbocycles. The van der Waals surface area contributed by atoms with E-state index in [0.717, 1.165) is 22.4 Å². The maximum Gasteiger partial charge on any atom is 0.191 e. The van der Waals surface area contributed by atoms with Crippen LogP contribution >= 0.6 is 11.8 Å². The molecule has 0 amide bonds. The summed E-state index contributed by atoms with van der Waals surface area (Å²) in [5.41, 5.74) is 0.898. The Bertz CT molecular complexity index is 644. The predicted octanol–water partition coefficient (Wildman–Crippen LogP) is 2.51. The third-order valence-corrected chi connectivity index (χ3v) is 3.53. The lowest BCUT2D eigenvalue weighted by atomic mass is 10.4. The highest BCUT2D eigenvalue weighted by molar-refractivity contribution is 7.98. The van der Waals surface area contributed by atoms with Gasteiger partial charge in [0.15, 0.2) is 5.16 Å². The molecule has 0 saturated heterocycles. The molecule has 3 heterocycles. The fourth-order valence-corrected chi connectivity index (χ4v) is 2.45. The Kier molecular flexibility index (Phi) is 3.37. The topological polar surface area (TPSA) is 69.9 Å². The van der Waals surface area contributed by atoms with Crippen LogP contribution in [0.2, 0.25) is 0 Å². The Labute approximate surface area is 113 Å². The summed E-state index contributed by atoms with van der Waals surface area (Å²) in [6.07, 6.45) is 3.35. The molecule has 0 unspecified atom stereocenters. The van der Waals surface area contributed by atoms with Gasteiger partial charge in [0, 0.05) is 11.8 Å². The SMILES string of the molecule is Cc1cc(CSc2nncn2Cc2ccco2)no1. The second-order valence-corrected chi connectivity index (χ2v) is 4.98. The van der Waals surface area contributed by atoms with E-state index in [1.807, 2.05) is 29.7 Å². The normalized spacial score (nSPS) is 11.0. The van der Waals surface area contributed by atoms with Crippen LogP contribution in [-0.2, 0) is 12.3 Å². The molecule has 0 saturated carbocycles. The summed E-state index contributed by atoms with van der Waals surface area (Å²) in [4.78, 5) is 0. The molecule has 0 aliphatic carbocycles. The van der Waals surface area contributed by atoms with E-state index in [-0.39, 0.29) is 0 Å². The average molecular weight is 276 g/mol. The first-order chi connectivity index (χ1) is 9.31. The molecule has 6 nitrogen and oxygen atoms in total. The lowest BCUT2D eigenvalue weighted by molar-refractivity contribution is 0.393. The summed E-state index contributed by atoms with van der Waals surface area (Å²) >= 11 is 1.57. The minimum Gasteiger partial charge on any atom is -0.467 e. The number of aromatic nitrogens is 4. The third kappa shape index (κ3) is 2.87. The van der Waals surface area contributed by atoms with Crippen molar-refractivity contribution in [3.63, 3.8) is 0 Å². The van der Waals surface area contributed by atoms with E-state index in [4.69, 9.17) is 8.94 Å². The van der Waals surface area contributed by atoms with Crippen LogP contribution in [0.15, 0.2) is 44.9 Å². The summed E-state index contributed by atoms with van der Waals surface area (Å²) in [6, 6.07) is 5.71. The molecule has 0 radical (unpaired) electrons. The zero-order valence-electron chi connectivity index (χ0n) is 10.3. The van der Waals surface area contributed by atoms with Crippen LogP contribution in [0, 0.1) is 6.92 Å². The van der Waals surface area contributed by atoms with Crippen molar-refractivity contribution in [3.8, 4) is 0 Å². The number of thioether (sulfide) groups is 1. The first kappa shape index (κ1) is 12.0. The van der Waals surface area contributed by atoms with Crippen LogP contribution in [0.4, 0.5) is 0 Å². The Morgan fingerprint density at radius 1 is 1.42 bits per heavy atom.